The van der Waals surface area contributed by atoms with Gasteiger partial charge >= 0.3 is 0 Å². The predicted octanol–water partition coefficient (Wildman–Crippen LogP) is 3.73. The molecule has 21 heavy (non-hydrogen) atoms. The zero-order valence-corrected chi connectivity index (χ0v) is 13.8. The maximum absolute atomic E-state index is 4.72. The Morgan fingerprint density at radius 2 is 1.90 bits per heavy atom. The van der Waals surface area contributed by atoms with Gasteiger partial charge in [-0.25, -0.2) is 9.97 Å². The summed E-state index contributed by atoms with van der Waals surface area (Å²) in [6.07, 6.45) is 2.96. The van der Waals surface area contributed by atoms with E-state index in [0.717, 1.165) is 40.6 Å². The van der Waals surface area contributed by atoms with Gasteiger partial charge in [-0.2, -0.15) is 0 Å². The van der Waals surface area contributed by atoms with E-state index in [9.17, 15) is 0 Å². The fourth-order valence-electron chi connectivity index (χ4n) is 2.17. The average molecular weight is 284 g/mol. The van der Waals surface area contributed by atoms with E-state index in [1.54, 1.807) is 0 Å². The van der Waals surface area contributed by atoms with Gasteiger partial charge < -0.3 is 4.90 Å². The molecule has 0 aliphatic rings. The first-order valence-electron chi connectivity index (χ1n) is 7.43. The molecule has 0 saturated heterocycles. The molecule has 0 aliphatic heterocycles. The van der Waals surface area contributed by atoms with Crippen LogP contribution in [0.1, 0.15) is 43.1 Å². The van der Waals surface area contributed by atoms with Crippen molar-refractivity contribution in [1.29, 1.82) is 0 Å². The number of rotatable bonds is 4. The maximum Gasteiger partial charge on any atom is 0.225 e. The first-order valence-corrected chi connectivity index (χ1v) is 7.43. The molecule has 0 radical (unpaired) electrons. The van der Waals surface area contributed by atoms with Crippen LogP contribution >= 0.6 is 0 Å². The van der Waals surface area contributed by atoms with Gasteiger partial charge in [-0.1, -0.05) is 13.8 Å². The van der Waals surface area contributed by atoms with E-state index in [4.69, 9.17) is 4.98 Å². The van der Waals surface area contributed by atoms with E-state index < -0.39 is 0 Å². The second-order valence-corrected chi connectivity index (χ2v) is 5.76. The first kappa shape index (κ1) is 15.4. The molecule has 2 aromatic rings. The summed E-state index contributed by atoms with van der Waals surface area (Å²) < 4.78 is 0. The van der Waals surface area contributed by atoms with Crippen LogP contribution in [0.5, 0.6) is 0 Å². The number of hydrogen-bond donors (Lipinski definition) is 0. The Kier molecular flexibility index (Phi) is 4.56. The average Bonchev–Trinajstić information content (AvgIpc) is 2.48. The van der Waals surface area contributed by atoms with Crippen molar-refractivity contribution in [2.45, 2.75) is 40.0 Å². The Hall–Kier alpha value is -1.97. The fraction of sp³-hybridized carbons (Fsp3) is 0.471. The van der Waals surface area contributed by atoms with Gasteiger partial charge in [0.15, 0.2) is 0 Å². The number of nitrogens with zero attached hydrogens (tertiary/aromatic N) is 4. The number of aromatic nitrogens is 3. The summed E-state index contributed by atoms with van der Waals surface area (Å²) in [5, 5.41) is 0. The van der Waals surface area contributed by atoms with Gasteiger partial charge in [0.2, 0.25) is 5.95 Å². The van der Waals surface area contributed by atoms with Crippen LogP contribution in [0.4, 0.5) is 5.95 Å². The minimum atomic E-state index is 0.460. The van der Waals surface area contributed by atoms with E-state index in [2.05, 4.69) is 36.8 Å². The molecule has 4 heteroatoms. The standard InChI is InChI=1S/C17H24N4/c1-7-11(2)15-10-14(8-9-18-15)16-12(3)13(4)19-17(20-16)21(5)6/h8-11H,7H2,1-6H3. The lowest BCUT2D eigenvalue weighted by Gasteiger charge is -2.16. The molecule has 0 aromatic carbocycles. The van der Waals surface area contributed by atoms with Gasteiger partial charge in [0.25, 0.3) is 0 Å². The molecule has 0 amide bonds. The predicted molar refractivity (Wildman–Crippen MR) is 87.8 cm³/mol. The van der Waals surface area contributed by atoms with Crippen LogP contribution < -0.4 is 4.90 Å². The third kappa shape index (κ3) is 3.20. The third-order valence-corrected chi connectivity index (χ3v) is 3.95. The van der Waals surface area contributed by atoms with Gasteiger partial charge in [0.1, 0.15) is 0 Å². The molecule has 0 spiro atoms. The number of anilines is 1. The third-order valence-electron chi connectivity index (χ3n) is 3.95. The van der Waals surface area contributed by atoms with Crippen molar-refractivity contribution in [2.75, 3.05) is 19.0 Å². The molecule has 0 aliphatic carbocycles. The Balaban J connectivity index is 2.56. The highest BCUT2D eigenvalue weighted by Gasteiger charge is 2.13. The smallest absolute Gasteiger partial charge is 0.225 e. The lowest BCUT2D eigenvalue weighted by molar-refractivity contribution is 0.708. The highest BCUT2D eigenvalue weighted by molar-refractivity contribution is 5.65. The first-order chi connectivity index (χ1) is 9.93. The molecule has 4 nitrogen and oxygen atoms in total. The van der Waals surface area contributed by atoms with Crippen molar-refractivity contribution in [1.82, 2.24) is 15.0 Å². The monoisotopic (exact) mass is 284 g/mol. The summed E-state index contributed by atoms with van der Waals surface area (Å²) >= 11 is 0. The maximum atomic E-state index is 4.72. The summed E-state index contributed by atoms with van der Waals surface area (Å²) in [5.74, 6) is 1.21. The minimum absolute atomic E-state index is 0.460. The largest absolute Gasteiger partial charge is 0.347 e. The van der Waals surface area contributed by atoms with Gasteiger partial charge in [-0.05, 0) is 43.9 Å². The molecular formula is C17H24N4. The van der Waals surface area contributed by atoms with Crippen molar-refractivity contribution in [3.63, 3.8) is 0 Å². The summed E-state index contributed by atoms with van der Waals surface area (Å²) in [6, 6.07) is 4.18. The zero-order chi connectivity index (χ0) is 15.6. The topological polar surface area (TPSA) is 41.9 Å². The number of aryl methyl sites for hydroxylation is 1. The van der Waals surface area contributed by atoms with Crippen molar-refractivity contribution in [3.05, 3.63) is 35.3 Å². The molecule has 1 atom stereocenters. The Labute approximate surface area is 127 Å². The number of hydrogen-bond acceptors (Lipinski definition) is 4. The molecular weight excluding hydrogens is 260 g/mol. The second kappa shape index (κ2) is 6.20. The second-order valence-electron chi connectivity index (χ2n) is 5.76. The van der Waals surface area contributed by atoms with Crippen molar-refractivity contribution < 1.29 is 0 Å². The van der Waals surface area contributed by atoms with Crippen LogP contribution in [0.25, 0.3) is 11.3 Å². The van der Waals surface area contributed by atoms with E-state index >= 15 is 0 Å². The Morgan fingerprint density at radius 3 is 2.52 bits per heavy atom. The van der Waals surface area contributed by atoms with Crippen molar-refractivity contribution >= 4 is 5.95 Å². The molecule has 2 aromatic heterocycles. The normalized spacial score (nSPS) is 12.3. The molecule has 0 saturated carbocycles. The number of pyridine rings is 1. The van der Waals surface area contributed by atoms with Crippen LogP contribution in [0, 0.1) is 13.8 Å². The molecule has 0 fully saturated rings. The van der Waals surface area contributed by atoms with Gasteiger partial charge in [-0.15, -0.1) is 0 Å². The van der Waals surface area contributed by atoms with Gasteiger partial charge in [0.05, 0.1) is 5.69 Å². The highest BCUT2D eigenvalue weighted by Crippen LogP contribution is 2.27. The van der Waals surface area contributed by atoms with Crippen LogP contribution in [0.3, 0.4) is 0 Å². The van der Waals surface area contributed by atoms with Crippen LogP contribution in [-0.4, -0.2) is 29.0 Å². The molecule has 112 valence electrons. The van der Waals surface area contributed by atoms with Gasteiger partial charge in [0, 0.05) is 37.2 Å². The molecule has 2 heterocycles. The SMILES string of the molecule is CCC(C)c1cc(-c2nc(N(C)C)nc(C)c2C)ccn1. The van der Waals surface area contributed by atoms with E-state index in [-0.39, 0.29) is 0 Å². The Bertz CT molecular complexity index is 635. The summed E-state index contributed by atoms with van der Waals surface area (Å²) in [7, 11) is 3.93. The molecule has 0 bridgehead atoms. The van der Waals surface area contributed by atoms with Crippen LogP contribution in [0.2, 0.25) is 0 Å². The minimum Gasteiger partial charge on any atom is -0.347 e. The van der Waals surface area contributed by atoms with Crippen LogP contribution in [-0.2, 0) is 0 Å². The quantitative estimate of drug-likeness (QED) is 0.858. The lowest BCUT2D eigenvalue weighted by atomic mass is 10.00. The lowest BCUT2D eigenvalue weighted by Crippen LogP contribution is -2.14. The van der Waals surface area contributed by atoms with E-state index in [1.165, 1.54) is 0 Å². The molecule has 1 unspecified atom stereocenters. The zero-order valence-electron chi connectivity index (χ0n) is 13.8. The summed E-state index contributed by atoms with van der Waals surface area (Å²) in [6.45, 7) is 8.50. The summed E-state index contributed by atoms with van der Waals surface area (Å²) in [4.78, 5) is 15.7. The summed E-state index contributed by atoms with van der Waals surface area (Å²) in [5.41, 5.74) is 5.38. The van der Waals surface area contributed by atoms with Crippen LogP contribution in [0.15, 0.2) is 18.3 Å². The van der Waals surface area contributed by atoms with E-state index in [1.807, 2.05) is 38.2 Å². The van der Waals surface area contributed by atoms with Crippen molar-refractivity contribution in [2.24, 2.45) is 0 Å². The molecule has 2 rings (SSSR count). The molecule has 0 N–H and O–H groups in total. The van der Waals surface area contributed by atoms with Gasteiger partial charge in [-0.3, -0.25) is 4.98 Å². The van der Waals surface area contributed by atoms with E-state index in [0.29, 0.717) is 5.92 Å². The highest BCUT2D eigenvalue weighted by atomic mass is 15.2. The Morgan fingerprint density at radius 1 is 1.19 bits per heavy atom. The van der Waals surface area contributed by atoms with Crippen molar-refractivity contribution in [3.8, 4) is 11.3 Å². The fourth-order valence-corrected chi connectivity index (χ4v) is 2.17.